The molecule has 2 heterocycles. The molecule has 0 atom stereocenters. The molecule has 1 saturated heterocycles. The Morgan fingerprint density at radius 1 is 1.19 bits per heavy atom. The van der Waals surface area contributed by atoms with E-state index in [0.717, 1.165) is 38.4 Å². The number of hydrogen-bond acceptors (Lipinski definition) is 4. The Balaban J connectivity index is 1.31. The van der Waals surface area contributed by atoms with E-state index >= 15 is 0 Å². The predicted molar refractivity (Wildman–Crippen MR) is 104 cm³/mol. The molecule has 3 rings (SSSR count). The summed E-state index contributed by atoms with van der Waals surface area (Å²) in [6.45, 7) is 3.05. The highest BCUT2D eigenvalue weighted by molar-refractivity contribution is 5.94. The van der Waals surface area contributed by atoms with Crippen molar-refractivity contribution < 1.29 is 14.0 Å². The maximum absolute atomic E-state index is 12.4. The van der Waals surface area contributed by atoms with Crippen LogP contribution in [-0.2, 0) is 4.79 Å². The van der Waals surface area contributed by atoms with Gasteiger partial charge in [0.1, 0.15) is 6.26 Å². The Bertz CT molecular complexity index is 588. The Morgan fingerprint density at radius 3 is 2.59 bits per heavy atom. The van der Waals surface area contributed by atoms with Crippen LogP contribution in [0, 0.1) is 5.92 Å². The standard InChI is InChI=1S/C21H33N3O3/c1-23(19-6-3-2-4-7-19)12-5-11-22-20(25)17-8-13-24(14-9-17)21(26)18-10-15-27-16-18/h10,15-17,19H,2-9,11-14H2,1H3,(H,22,25). The van der Waals surface area contributed by atoms with E-state index in [4.69, 9.17) is 4.42 Å². The minimum absolute atomic E-state index is 0.00615. The van der Waals surface area contributed by atoms with Crippen LogP contribution in [0.3, 0.4) is 0 Å². The monoisotopic (exact) mass is 375 g/mol. The van der Waals surface area contributed by atoms with Crippen molar-refractivity contribution in [2.45, 2.75) is 57.4 Å². The van der Waals surface area contributed by atoms with Crippen LogP contribution in [-0.4, -0.2) is 60.9 Å². The van der Waals surface area contributed by atoms with Crippen molar-refractivity contribution in [3.05, 3.63) is 24.2 Å². The van der Waals surface area contributed by atoms with E-state index in [9.17, 15) is 9.59 Å². The third-order valence-corrected chi connectivity index (χ3v) is 6.11. The lowest BCUT2D eigenvalue weighted by Crippen LogP contribution is -2.43. The second-order valence-electron chi connectivity index (χ2n) is 8.00. The van der Waals surface area contributed by atoms with Crippen molar-refractivity contribution in [2.24, 2.45) is 5.92 Å². The van der Waals surface area contributed by atoms with Crippen LogP contribution < -0.4 is 5.32 Å². The van der Waals surface area contributed by atoms with E-state index in [2.05, 4.69) is 17.3 Å². The number of hydrogen-bond donors (Lipinski definition) is 1. The first kappa shape index (κ1) is 19.9. The molecule has 0 bridgehead atoms. The van der Waals surface area contributed by atoms with Crippen molar-refractivity contribution >= 4 is 11.8 Å². The van der Waals surface area contributed by atoms with E-state index < -0.39 is 0 Å². The van der Waals surface area contributed by atoms with Gasteiger partial charge in [-0.1, -0.05) is 19.3 Å². The summed E-state index contributed by atoms with van der Waals surface area (Å²) in [7, 11) is 2.21. The first-order valence-corrected chi connectivity index (χ1v) is 10.4. The number of amides is 2. The summed E-state index contributed by atoms with van der Waals surface area (Å²) in [5, 5.41) is 3.10. The summed E-state index contributed by atoms with van der Waals surface area (Å²) >= 11 is 0. The predicted octanol–water partition coefficient (Wildman–Crippen LogP) is 2.90. The summed E-state index contributed by atoms with van der Waals surface area (Å²) in [6, 6.07) is 2.41. The fourth-order valence-corrected chi connectivity index (χ4v) is 4.30. The van der Waals surface area contributed by atoms with Gasteiger partial charge in [-0.05, 0) is 51.8 Å². The van der Waals surface area contributed by atoms with Crippen LogP contribution >= 0.6 is 0 Å². The minimum Gasteiger partial charge on any atom is -0.472 e. The van der Waals surface area contributed by atoms with Crippen LogP contribution in [0.4, 0.5) is 0 Å². The molecule has 1 aliphatic carbocycles. The lowest BCUT2D eigenvalue weighted by atomic mass is 9.94. The molecule has 1 aliphatic heterocycles. The Morgan fingerprint density at radius 2 is 1.93 bits per heavy atom. The van der Waals surface area contributed by atoms with Crippen molar-refractivity contribution in [1.82, 2.24) is 15.1 Å². The molecule has 2 fully saturated rings. The summed E-state index contributed by atoms with van der Waals surface area (Å²) < 4.78 is 4.98. The zero-order valence-corrected chi connectivity index (χ0v) is 16.5. The molecule has 0 unspecified atom stereocenters. The molecule has 0 aromatic carbocycles. The van der Waals surface area contributed by atoms with Gasteiger partial charge in [-0.25, -0.2) is 0 Å². The number of nitrogens with zero attached hydrogens (tertiary/aromatic N) is 2. The summed E-state index contributed by atoms with van der Waals surface area (Å²) in [6.07, 6.45) is 12.2. The molecular weight excluding hydrogens is 342 g/mol. The summed E-state index contributed by atoms with van der Waals surface area (Å²) in [4.78, 5) is 29.0. The first-order valence-electron chi connectivity index (χ1n) is 10.4. The smallest absolute Gasteiger partial charge is 0.257 e. The molecule has 1 aromatic rings. The maximum Gasteiger partial charge on any atom is 0.257 e. The molecule has 1 aromatic heterocycles. The normalized spacial score (nSPS) is 19.4. The molecule has 6 nitrogen and oxygen atoms in total. The second kappa shape index (κ2) is 9.93. The Labute approximate surface area is 162 Å². The lowest BCUT2D eigenvalue weighted by molar-refractivity contribution is -0.126. The van der Waals surface area contributed by atoms with Gasteiger partial charge in [-0.2, -0.15) is 0 Å². The number of furan rings is 1. The third-order valence-electron chi connectivity index (χ3n) is 6.11. The van der Waals surface area contributed by atoms with Crippen molar-refractivity contribution in [3.8, 4) is 0 Å². The maximum atomic E-state index is 12.4. The van der Waals surface area contributed by atoms with Crippen molar-refractivity contribution in [3.63, 3.8) is 0 Å². The van der Waals surface area contributed by atoms with Crippen LogP contribution in [0.5, 0.6) is 0 Å². The Kier molecular flexibility index (Phi) is 7.33. The van der Waals surface area contributed by atoms with Crippen LogP contribution in [0.2, 0.25) is 0 Å². The number of carbonyl (C=O) groups excluding carboxylic acids is 2. The quantitative estimate of drug-likeness (QED) is 0.744. The largest absolute Gasteiger partial charge is 0.472 e. The van der Waals surface area contributed by atoms with Crippen LogP contribution in [0.1, 0.15) is 61.7 Å². The Hall–Kier alpha value is -1.82. The van der Waals surface area contributed by atoms with E-state index in [1.165, 1.54) is 44.6 Å². The van der Waals surface area contributed by atoms with Gasteiger partial charge in [0.2, 0.25) is 5.91 Å². The molecule has 1 N–H and O–H groups in total. The van der Waals surface area contributed by atoms with Gasteiger partial charge in [0.25, 0.3) is 5.91 Å². The van der Waals surface area contributed by atoms with Gasteiger partial charge < -0.3 is 19.5 Å². The van der Waals surface area contributed by atoms with Crippen LogP contribution in [0.15, 0.2) is 23.0 Å². The summed E-state index contributed by atoms with van der Waals surface area (Å²) in [5.41, 5.74) is 0.583. The van der Waals surface area contributed by atoms with Crippen LogP contribution in [0.25, 0.3) is 0 Å². The van der Waals surface area contributed by atoms with Gasteiger partial charge >= 0.3 is 0 Å². The number of nitrogens with one attached hydrogen (secondary N) is 1. The first-order chi connectivity index (χ1) is 13.1. The molecule has 2 amide bonds. The fourth-order valence-electron chi connectivity index (χ4n) is 4.30. The molecule has 150 valence electrons. The number of piperidine rings is 1. The van der Waals surface area contributed by atoms with E-state index in [0.29, 0.717) is 18.7 Å². The van der Waals surface area contributed by atoms with Crippen molar-refractivity contribution in [1.29, 1.82) is 0 Å². The second-order valence-corrected chi connectivity index (χ2v) is 8.00. The lowest BCUT2D eigenvalue weighted by Gasteiger charge is -2.32. The molecule has 1 saturated carbocycles. The van der Waals surface area contributed by atoms with E-state index in [1.807, 2.05) is 4.90 Å². The van der Waals surface area contributed by atoms with Gasteiger partial charge in [-0.3, -0.25) is 9.59 Å². The average Bonchev–Trinajstić information content (AvgIpc) is 3.26. The van der Waals surface area contributed by atoms with Gasteiger partial charge in [0.15, 0.2) is 0 Å². The number of carbonyl (C=O) groups is 2. The highest BCUT2D eigenvalue weighted by Crippen LogP contribution is 2.22. The molecule has 2 aliphatic rings. The average molecular weight is 376 g/mol. The highest BCUT2D eigenvalue weighted by atomic mass is 16.3. The molecular formula is C21H33N3O3. The van der Waals surface area contributed by atoms with E-state index in [-0.39, 0.29) is 17.7 Å². The topological polar surface area (TPSA) is 65.8 Å². The van der Waals surface area contributed by atoms with E-state index in [1.54, 1.807) is 6.07 Å². The number of rotatable bonds is 7. The molecule has 0 spiro atoms. The molecule has 27 heavy (non-hydrogen) atoms. The number of likely N-dealkylation sites (tertiary alicyclic amines) is 1. The van der Waals surface area contributed by atoms with Gasteiger partial charge in [-0.15, -0.1) is 0 Å². The van der Waals surface area contributed by atoms with Gasteiger partial charge in [0, 0.05) is 31.6 Å². The third kappa shape index (κ3) is 5.58. The highest BCUT2D eigenvalue weighted by Gasteiger charge is 2.28. The summed E-state index contributed by atoms with van der Waals surface area (Å²) in [5.74, 6) is 0.161. The molecule has 0 radical (unpaired) electrons. The van der Waals surface area contributed by atoms with Crippen molar-refractivity contribution in [2.75, 3.05) is 33.2 Å². The fraction of sp³-hybridized carbons (Fsp3) is 0.714. The SMILES string of the molecule is CN(CCCNC(=O)C1CCN(C(=O)c2ccoc2)CC1)C1CCCCC1. The zero-order valence-electron chi connectivity index (χ0n) is 16.5. The minimum atomic E-state index is -0.00615. The van der Waals surface area contributed by atoms with Gasteiger partial charge in [0.05, 0.1) is 11.8 Å². The molecule has 6 heteroatoms. The zero-order chi connectivity index (χ0) is 19.1.